The number of fused-ring (bicyclic) bond motifs is 1. The summed E-state index contributed by atoms with van der Waals surface area (Å²) in [5.74, 6) is 1.18. The first-order valence-corrected chi connectivity index (χ1v) is 9.90. The molecule has 0 aliphatic heterocycles. The maximum absolute atomic E-state index is 13.1. The van der Waals surface area contributed by atoms with Gasteiger partial charge in [-0.05, 0) is 59.4 Å². The van der Waals surface area contributed by atoms with Crippen LogP contribution < -0.4 is 14.8 Å². The summed E-state index contributed by atoms with van der Waals surface area (Å²) in [6, 6.07) is 5.61. The van der Waals surface area contributed by atoms with Gasteiger partial charge in [-0.25, -0.2) is 0 Å². The van der Waals surface area contributed by atoms with E-state index in [0.29, 0.717) is 23.6 Å². The maximum atomic E-state index is 13.1. The lowest BCUT2D eigenvalue weighted by atomic mass is 9.95. The van der Waals surface area contributed by atoms with Crippen LogP contribution >= 0.6 is 11.3 Å². The fraction of sp³-hybridized carbons (Fsp3) is 0.368. The minimum Gasteiger partial charge on any atom is -0.493 e. The maximum Gasteiger partial charge on any atom is 0.254 e. The molecule has 28 heavy (non-hydrogen) atoms. The third kappa shape index (κ3) is 3.45. The van der Waals surface area contributed by atoms with E-state index in [1.54, 1.807) is 30.2 Å². The number of nitrogens with one attached hydrogen (secondary N) is 1. The molecule has 2 heterocycles. The largest absolute Gasteiger partial charge is 0.493 e. The summed E-state index contributed by atoms with van der Waals surface area (Å²) in [6.07, 6.45) is 5.68. The fourth-order valence-electron chi connectivity index (χ4n) is 3.46. The Kier molecular flexibility index (Phi) is 5.25. The highest BCUT2D eigenvalue weighted by atomic mass is 32.1. The summed E-state index contributed by atoms with van der Waals surface area (Å²) in [5, 5.41) is 15.2. The normalized spacial score (nSPS) is 13.1. The number of thiophene rings is 1. The molecule has 0 saturated heterocycles. The van der Waals surface area contributed by atoms with Crippen molar-refractivity contribution in [2.75, 3.05) is 14.2 Å². The molecule has 9 heteroatoms. The molecule has 0 unspecified atom stereocenters. The minimum absolute atomic E-state index is 0.111. The number of tetrazole rings is 1. The Morgan fingerprint density at radius 2 is 2.04 bits per heavy atom. The zero-order valence-electron chi connectivity index (χ0n) is 15.8. The molecule has 0 bridgehead atoms. The van der Waals surface area contributed by atoms with Crippen LogP contribution in [0.4, 0.5) is 0 Å². The predicted molar refractivity (Wildman–Crippen MR) is 104 cm³/mol. The van der Waals surface area contributed by atoms with Gasteiger partial charge in [0.2, 0.25) is 0 Å². The SMILES string of the molecule is COc1ccc(CNC(=O)c2c(-n3cnnn3)sc3c2CCCC3)cc1OC. The van der Waals surface area contributed by atoms with E-state index in [0.717, 1.165) is 41.8 Å². The van der Waals surface area contributed by atoms with Gasteiger partial charge >= 0.3 is 0 Å². The first-order valence-electron chi connectivity index (χ1n) is 9.08. The Hall–Kier alpha value is -2.94. The summed E-state index contributed by atoms with van der Waals surface area (Å²) >= 11 is 1.60. The van der Waals surface area contributed by atoms with Gasteiger partial charge in [0.15, 0.2) is 11.5 Å². The van der Waals surface area contributed by atoms with Crippen molar-refractivity contribution in [2.45, 2.75) is 32.2 Å². The number of hydrogen-bond donors (Lipinski definition) is 1. The zero-order chi connectivity index (χ0) is 19.5. The Balaban J connectivity index is 1.59. The molecule has 1 N–H and O–H groups in total. The summed E-state index contributed by atoms with van der Waals surface area (Å²) in [5.41, 5.74) is 2.75. The molecule has 1 aromatic carbocycles. The van der Waals surface area contributed by atoms with Crippen molar-refractivity contribution in [2.24, 2.45) is 0 Å². The second-order valence-corrected chi connectivity index (χ2v) is 7.60. The number of rotatable bonds is 6. The molecule has 4 rings (SSSR count). The zero-order valence-corrected chi connectivity index (χ0v) is 16.6. The van der Waals surface area contributed by atoms with Gasteiger partial charge in [-0.15, -0.1) is 16.4 Å². The van der Waals surface area contributed by atoms with E-state index in [-0.39, 0.29) is 5.91 Å². The molecular formula is C19H21N5O3S. The van der Waals surface area contributed by atoms with Gasteiger partial charge in [0.05, 0.1) is 19.8 Å². The predicted octanol–water partition coefficient (Wildman–Crippen LogP) is 2.55. The van der Waals surface area contributed by atoms with Gasteiger partial charge < -0.3 is 14.8 Å². The third-order valence-electron chi connectivity index (χ3n) is 4.84. The topological polar surface area (TPSA) is 91.2 Å². The molecule has 2 aromatic heterocycles. The van der Waals surface area contributed by atoms with Crippen molar-refractivity contribution in [3.05, 3.63) is 46.1 Å². The Labute approximate surface area is 166 Å². The highest BCUT2D eigenvalue weighted by Crippen LogP contribution is 2.36. The van der Waals surface area contributed by atoms with Crippen LogP contribution in [0.25, 0.3) is 5.00 Å². The number of nitrogens with zero attached hydrogens (tertiary/aromatic N) is 4. The summed E-state index contributed by atoms with van der Waals surface area (Å²) in [6.45, 7) is 0.388. The Morgan fingerprint density at radius 1 is 1.21 bits per heavy atom. The van der Waals surface area contributed by atoms with Gasteiger partial charge in [0.1, 0.15) is 11.3 Å². The number of amides is 1. The second-order valence-electron chi connectivity index (χ2n) is 6.52. The molecule has 3 aromatic rings. The number of carbonyl (C=O) groups excluding carboxylic acids is 1. The highest BCUT2D eigenvalue weighted by molar-refractivity contribution is 7.15. The fourth-order valence-corrected chi connectivity index (χ4v) is 4.76. The molecule has 0 spiro atoms. The van der Waals surface area contributed by atoms with Crippen LogP contribution in [0.1, 0.15) is 39.2 Å². The molecule has 146 valence electrons. The Morgan fingerprint density at radius 3 is 2.79 bits per heavy atom. The van der Waals surface area contributed by atoms with E-state index >= 15 is 0 Å². The van der Waals surface area contributed by atoms with Gasteiger partial charge in [-0.2, -0.15) is 4.68 Å². The molecule has 0 atom stereocenters. The monoisotopic (exact) mass is 399 g/mol. The molecule has 0 fully saturated rings. The lowest BCUT2D eigenvalue weighted by Gasteiger charge is -2.14. The van der Waals surface area contributed by atoms with Crippen LogP contribution in [-0.4, -0.2) is 40.3 Å². The van der Waals surface area contributed by atoms with Crippen LogP contribution in [0.5, 0.6) is 11.5 Å². The summed E-state index contributed by atoms with van der Waals surface area (Å²) < 4.78 is 12.2. The van der Waals surface area contributed by atoms with E-state index in [2.05, 4.69) is 20.8 Å². The van der Waals surface area contributed by atoms with Crippen molar-refractivity contribution < 1.29 is 14.3 Å². The van der Waals surface area contributed by atoms with Gasteiger partial charge in [0, 0.05) is 11.4 Å². The van der Waals surface area contributed by atoms with E-state index in [4.69, 9.17) is 9.47 Å². The van der Waals surface area contributed by atoms with E-state index in [9.17, 15) is 4.79 Å². The number of carbonyl (C=O) groups is 1. The molecule has 8 nitrogen and oxygen atoms in total. The van der Waals surface area contributed by atoms with Crippen LogP contribution in [0.2, 0.25) is 0 Å². The standard InChI is InChI=1S/C19H21N5O3S/c1-26-14-8-7-12(9-15(14)27-2)10-20-18(25)17-13-5-3-4-6-16(13)28-19(17)24-11-21-22-23-24/h7-9,11H,3-6,10H2,1-2H3,(H,20,25). The first kappa shape index (κ1) is 18.4. The number of hydrogen-bond acceptors (Lipinski definition) is 7. The van der Waals surface area contributed by atoms with E-state index in [1.165, 1.54) is 11.2 Å². The smallest absolute Gasteiger partial charge is 0.254 e. The second kappa shape index (κ2) is 7.97. The van der Waals surface area contributed by atoms with Crippen LogP contribution in [-0.2, 0) is 19.4 Å². The van der Waals surface area contributed by atoms with E-state index < -0.39 is 0 Å². The van der Waals surface area contributed by atoms with Gasteiger partial charge in [-0.3, -0.25) is 4.79 Å². The van der Waals surface area contributed by atoms with Crippen LogP contribution in [0, 0.1) is 0 Å². The van der Waals surface area contributed by atoms with Crippen molar-refractivity contribution in [1.82, 2.24) is 25.5 Å². The van der Waals surface area contributed by atoms with Gasteiger partial charge in [-0.1, -0.05) is 6.07 Å². The lowest BCUT2D eigenvalue weighted by Crippen LogP contribution is -2.25. The average Bonchev–Trinajstić information content (AvgIpc) is 3.39. The molecule has 0 radical (unpaired) electrons. The van der Waals surface area contributed by atoms with Crippen molar-refractivity contribution in [1.29, 1.82) is 0 Å². The van der Waals surface area contributed by atoms with E-state index in [1.807, 2.05) is 18.2 Å². The number of benzene rings is 1. The van der Waals surface area contributed by atoms with Crippen molar-refractivity contribution in [3.63, 3.8) is 0 Å². The van der Waals surface area contributed by atoms with Crippen molar-refractivity contribution >= 4 is 17.2 Å². The number of aromatic nitrogens is 4. The number of ether oxygens (including phenoxy) is 2. The van der Waals surface area contributed by atoms with Crippen molar-refractivity contribution in [3.8, 4) is 16.5 Å². The Bertz CT molecular complexity index is 984. The minimum atomic E-state index is -0.111. The molecule has 0 saturated carbocycles. The molecule has 1 aliphatic carbocycles. The lowest BCUT2D eigenvalue weighted by molar-refractivity contribution is 0.0950. The van der Waals surface area contributed by atoms with Crippen LogP contribution in [0.15, 0.2) is 24.5 Å². The van der Waals surface area contributed by atoms with Gasteiger partial charge in [0.25, 0.3) is 5.91 Å². The third-order valence-corrected chi connectivity index (χ3v) is 6.12. The average molecular weight is 399 g/mol. The molecule has 1 aliphatic rings. The summed E-state index contributed by atoms with van der Waals surface area (Å²) in [7, 11) is 3.19. The quantitative estimate of drug-likeness (QED) is 0.685. The number of methoxy groups -OCH3 is 2. The highest BCUT2D eigenvalue weighted by Gasteiger charge is 2.26. The summed E-state index contributed by atoms with van der Waals surface area (Å²) in [4.78, 5) is 14.4. The molecular weight excluding hydrogens is 378 g/mol. The van der Waals surface area contributed by atoms with Crippen LogP contribution in [0.3, 0.4) is 0 Å². The number of aryl methyl sites for hydroxylation is 1. The first-order chi connectivity index (χ1) is 13.7. The molecule has 1 amide bonds.